The second-order valence-corrected chi connectivity index (χ2v) is 10.1. The number of carboxylic acids is 1. The summed E-state index contributed by atoms with van der Waals surface area (Å²) in [5.74, 6) is -6.45. The van der Waals surface area contributed by atoms with Crippen LogP contribution in [0.25, 0.3) is 0 Å². The van der Waals surface area contributed by atoms with Gasteiger partial charge in [0.05, 0.1) is 34.9 Å². The predicted octanol–water partition coefficient (Wildman–Crippen LogP) is 2.15. The predicted molar refractivity (Wildman–Crippen MR) is 141 cm³/mol. The Bertz CT molecular complexity index is 1550. The highest BCUT2D eigenvalue weighted by Crippen LogP contribution is 2.38. The van der Waals surface area contributed by atoms with Crippen molar-refractivity contribution < 1.29 is 37.5 Å². The van der Waals surface area contributed by atoms with Gasteiger partial charge in [-0.1, -0.05) is 0 Å². The average molecular weight is 575 g/mol. The Morgan fingerprint density at radius 3 is 2.62 bits per heavy atom. The largest absolute Gasteiger partial charge is 0.504 e. The number of ether oxygens (including phenoxy) is 2. The van der Waals surface area contributed by atoms with Gasteiger partial charge in [-0.25, -0.2) is 9.37 Å². The molecule has 1 aliphatic heterocycles. The number of pyridine rings is 1. The fourth-order valence-electron chi connectivity index (χ4n) is 3.64. The summed E-state index contributed by atoms with van der Waals surface area (Å²) in [5.41, 5.74) is 11.4. The maximum Gasteiger partial charge on any atom is 0.321 e. The molecular formula is C25H24F2N6O6S. The second-order valence-electron chi connectivity index (χ2n) is 8.60. The topological polar surface area (TPSA) is 197 Å². The molecular weight excluding hydrogens is 550 g/mol. The molecule has 0 bridgehead atoms. The normalized spacial score (nSPS) is 14.4. The van der Waals surface area contributed by atoms with E-state index in [1.165, 1.54) is 36.4 Å². The van der Waals surface area contributed by atoms with E-state index in [0.29, 0.717) is 25.1 Å². The van der Waals surface area contributed by atoms with Gasteiger partial charge in [0.1, 0.15) is 23.5 Å². The maximum atomic E-state index is 15.4. The number of aromatic nitrogens is 1. The van der Waals surface area contributed by atoms with E-state index >= 15 is 4.39 Å². The van der Waals surface area contributed by atoms with Crippen molar-refractivity contribution in [1.82, 2.24) is 9.88 Å². The van der Waals surface area contributed by atoms with Crippen LogP contribution in [0.5, 0.6) is 28.9 Å². The van der Waals surface area contributed by atoms with Crippen molar-refractivity contribution in [2.75, 3.05) is 25.9 Å². The van der Waals surface area contributed by atoms with Crippen LogP contribution in [0.3, 0.4) is 0 Å². The number of aliphatic imine (C=N–C) groups is 1. The summed E-state index contributed by atoms with van der Waals surface area (Å²) in [6.07, 6.45) is 0.662. The summed E-state index contributed by atoms with van der Waals surface area (Å²) in [6, 6.07) is 6.48. The molecule has 0 spiro atoms. The minimum atomic E-state index is -1.81. The van der Waals surface area contributed by atoms with Gasteiger partial charge in [-0.3, -0.25) is 19.4 Å². The minimum absolute atomic E-state index is 0.0489. The number of halogens is 2. The molecule has 1 aliphatic rings. The Balaban J connectivity index is 1.71. The van der Waals surface area contributed by atoms with Crippen LogP contribution in [0, 0.1) is 17.0 Å². The summed E-state index contributed by atoms with van der Waals surface area (Å²) >= 11 is 0. The Morgan fingerprint density at radius 1 is 1.23 bits per heavy atom. The van der Waals surface area contributed by atoms with E-state index in [-0.39, 0.29) is 39.1 Å². The molecule has 15 heteroatoms. The molecule has 2 unspecified atom stereocenters. The van der Waals surface area contributed by atoms with Crippen molar-refractivity contribution in [1.29, 1.82) is 5.41 Å². The molecule has 210 valence electrons. The average Bonchev–Trinajstić information content (AvgIpc) is 3.34. The molecule has 2 heterocycles. The maximum absolute atomic E-state index is 15.4. The molecule has 0 radical (unpaired) electrons. The summed E-state index contributed by atoms with van der Waals surface area (Å²) in [4.78, 5) is 21.1. The summed E-state index contributed by atoms with van der Waals surface area (Å²) in [7, 11) is -0.0771. The van der Waals surface area contributed by atoms with E-state index in [0.717, 1.165) is 0 Å². The van der Waals surface area contributed by atoms with Crippen molar-refractivity contribution in [2.24, 2.45) is 16.5 Å². The number of amidine groups is 2. The van der Waals surface area contributed by atoms with Gasteiger partial charge in [0.15, 0.2) is 17.3 Å². The molecule has 1 aromatic heterocycles. The molecule has 7 N–H and O–H groups in total. The fraction of sp³-hybridized carbons (Fsp3) is 0.200. The van der Waals surface area contributed by atoms with Crippen molar-refractivity contribution in [3.63, 3.8) is 0 Å². The van der Waals surface area contributed by atoms with Crippen LogP contribution < -0.4 is 20.9 Å². The van der Waals surface area contributed by atoms with Crippen LogP contribution >= 0.6 is 0 Å². The number of nitrogens with zero attached hydrogens (tertiary/aromatic N) is 3. The number of carbonyl (C=O) groups is 1. The Kier molecular flexibility index (Phi) is 8.25. The van der Waals surface area contributed by atoms with Gasteiger partial charge in [-0.15, -0.1) is 0 Å². The van der Waals surface area contributed by atoms with Crippen molar-refractivity contribution in [3.8, 4) is 28.9 Å². The number of likely N-dealkylation sites (N-methyl/N-ethyl adjacent to an activating group) is 1. The molecule has 40 heavy (non-hydrogen) atoms. The van der Waals surface area contributed by atoms with Crippen LogP contribution in [0.15, 0.2) is 52.5 Å². The number of nitrogen functional groups attached to an aromatic ring is 1. The third-order valence-corrected chi connectivity index (χ3v) is 7.19. The quantitative estimate of drug-likeness (QED) is 0.177. The highest BCUT2D eigenvalue weighted by atomic mass is 32.2. The molecule has 2 aromatic carbocycles. The number of hydrogen-bond donors (Lipinski definition) is 5. The third kappa shape index (κ3) is 6.00. The van der Waals surface area contributed by atoms with Crippen LogP contribution in [-0.4, -0.2) is 73.9 Å². The zero-order valence-electron chi connectivity index (χ0n) is 20.9. The van der Waals surface area contributed by atoms with Gasteiger partial charge >= 0.3 is 5.97 Å². The van der Waals surface area contributed by atoms with Crippen LogP contribution in [-0.2, 0) is 15.6 Å². The lowest BCUT2D eigenvalue weighted by Crippen LogP contribution is -2.35. The SMILES string of the molecule is CN1CCN=C1c1cc(S(=O)CC(N)C(=O)O)ccc1Oc1c(F)cnc(Oc2cc(C(=N)N)ccc2O)c1F. The first-order chi connectivity index (χ1) is 19.0. The number of aromatic hydroxyl groups is 1. The molecule has 3 aromatic rings. The van der Waals surface area contributed by atoms with E-state index < -0.39 is 51.8 Å². The minimum Gasteiger partial charge on any atom is -0.504 e. The lowest BCUT2D eigenvalue weighted by atomic mass is 10.1. The van der Waals surface area contributed by atoms with Crippen molar-refractivity contribution in [2.45, 2.75) is 10.9 Å². The van der Waals surface area contributed by atoms with Crippen LogP contribution in [0.4, 0.5) is 8.78 Å². The van der Waals surface area contributed by atoms with Gasteiger partial charge in [0.25, 0.3) is 5.88 Å². The number of phenolic OH excluding ortho intramolecular Hbond substituents is 1. The number of nitrogens with one attached hydrogen (secondary N) is 1. The Hall–Kier alpha value is -4.63. The van der Waals surface area contributed by atoms with Crippen LogP contribution in [0.1, 0.15) is 11.1 Å². The number of nitrogens with two attached hydrogens (primary N) is 2. The first kappa shape index (κ1) is 28.4. The molecule has 0 saturated heterocycles. The monoisotopic (exact) mass is 574 g/mol. The summed E-state index contributed by atoms with van der Waals surface area (Å²) < 4.78 is 54.0. The summed E-state index contributed by atoms with van der Waals surface area (Å²) in [5, 5.41) is 26.7. The molecule has 0 amide bonds. The van der Waals surface area contributed by atoms with Gasteiger partial charge < -0.3 is 36.1 Å². The first-order valence-electron chi connectivity index (χ1n) is 11.6. The highest BCUT2D eigenvalue weighted by molar-refractivity contribution is 7.85. The van der Waals surface area contributed by atoms with Gasteiger partial charge in [-0.2, -0.15) is 4.39 Å². The second kappa shape index (κ2) is 11.6. The molecule has 0 saturated carbocycles. The molecule has 0 fully saturated rings. The fourth-order valence-corrected chi connectivity index (χ4v) is 4.77. The number of carboxylic acid groups (broad SMARTS) is 1. The standard InChI is InChI=1S/C25H24F2N6O6S/c1-33-7-6-31-23(33)14-9-13(40(37)11-16(28)25(35)36)3-5-18(14)38-21-15(26)10-32-24(20(21)27)39-19-8-12(22(29)30)2-4-17(19)34/h2-5,8-10,16,34H,6-7,11,28H2,1H3,(H3,29,30)(H,35,36). The lowest BCUT2D eigenvalue weighted by molar-refractivity contribution is -0.137. The van der Waals surface area contributed by atoms with Gasteiger partial charge in [0.2, 0.25) is 11.6 Å². The van der Waals surface area contributed by atoms with Crippen LogP contribution in [0.2, 0.25) is 0 Å². The first-order valence-corrected chi connectivity index (χ1v) is 12.9. The van der Waals surface area contributed by atoms with E-state index in [2.05, 4.69) is 9.98 Å². The molecule has 2 atom stereocenters. The molecule has 0 aliphatic carbocycles. The number of aliphatic carboxylic acids is 1. The lowest BCUT2D eigenvalue weighted by Gasteiger charge is -2.19. The number of phenols is 1. The third-order valence-electron chi connectivity index (χ3n) is 5.75. The number of benzene rings is 2. The smallest absolute Gasteiger partial charge is 0.321 e. The number of rotatable bonds is 10. The van der Waals surface area contributed by atoms with Crippen molar-refractivity contribution in [3.05, 3.63) is 65.4 Å². The molecule has 4 rings (SSSR count). The summed E-state index contributed by atoms with van der Waals surface area (Å²) in [6.45, 7) is 0.978. The Morgan fingerprint density at radius 2 is 1.98 bits per heavy atom. The zero-order valence-corrected chi connectivity index (χ0v) is 21.7. The Labute approximate surface area is 228 Å². The van der Waals surface area contributed by atoms with E-state index in [9.17, 15) is 18.5 Å². The van der Waals surface area contributed by atoms with E-state index in [1.807, 2.05) is 0 Å². The zero-order chi connectivity index (χ0) is 29.1. The van der Waals surface area contributed by atoms with Crippen molar-refractivity contribution >= 4 is 28.4 Å². The highest BCUT2D eigenvalue weighted by Gasteiger charge is 2.26. The van der Waals surface area contributed by atoms with E-state index in [4.69, 9.17) is 31.5 Å². The van der Waals surface area contributed by atoms with Gasteiger partial charge in [-0.05, 0) is 36.4 Å². The molecule has 12 nitrogen and oxygen atoms in total. The van der Waals surface area contributed by atoms with Gasteiger partial charge in [0, 0.05) is 24.1 Å². The number of hydrogen-bond acceptors (Lipinski definition) is 10. The van der Waals surface area contributed by atoms with E-state index in [1.54, 1.807) is 11.9 Å².